The number of benzene rings is 3. The van der Waals surface area contributed by atoms with Gasteiger partial charge in [-0.3, -0.25) is 9.69 Å². The number of amides is 3. The van der Waals surface area contributed by atoms with Gasteiger partial charge in [-0.15, -0.1) is 0 Å². The van der Waals surface area contributed by atoms with Crippen LogP contribution in [0.25, 0.3) is 11.1 Å². The molecule has 2 heterocycles. The molecule has 5 nitrogen and oxygen atoms in total. The third-order valence-electron chi connectivity index (χ3n) is 5.89. The standard InChI is InChI=1S/C24H18Cl3N3O2/c25-18-5-2-1-4-15(18)16-10-13(14-8-9-28-23(14)31)11-21-17(16)12-29-24(32)30(21)22-19(26)6-3-7-20(22)27/h1-7,10-11,14H,8-9,12H2,(H,28,31)(H,29,32)/t14-/m0/s1. The highest BCUT2D eigenvalue weighted by Crippen LogP contribution is 2.45. The Balaban J connectivity index is 1.80. The van der Waals surface area contributed by atoms with Crippen LogP contribution in [0.4, 0.5) is 16.2 Å². The van der Waals surface area contributed by atoms with Gasteiger partial charge >= 0.3 is 6.03 Å². The van der Waals surface area contributed by atoms with Gasteiger partial charge in [0.2, 0.25) is 5.91 Å². The van der Waals surface area contributed by atoms with Crippen molar-refractivity contribution < 1.29 is 9.59 Å². The molecule has 0 aromatic heterocycles. The molecule has 162 valence electrons. The molecule has 1 atom stereocenters. The Morgan fingerprint density at radius 2 is 1.56 bits per heavy atom. The number of nitrogens with zero attached hydrogens (tertiary/aromatic N) is 1. The zero-order chi connectivity index (χ0) is 22.4. The van der Waals surface area contributed by atoms with Crippen molar-refractivity contribution >= 4 is 58.1 Å². The highest BCUT2D eigenvalue weighted by atomic mass is 35.5. The third kappa shape index (κ3) is 3.51. The van der Waals surface area contributed by atoms with Gasteiger partial charge < -0.3 is 10.6 Å². The van der Waals surface area contributed by atoms with Gasteiger partial charge in [0.1, 0.15) is 0 Å². The van der Waals surface area contributed by atoms with Crippen LogP contribution in [0.5, 0.6) is 0 Å². The van der Waals surface area contributed by atoms with Gasteiger partial charge in [-0.05, 0) is 47.9 Å². The lowest BCUT2D eigenvalue weighted by Crippen LogP contribution is -2.41. The number of carbonyl (C=O) groups is 2. The third-order valence-corrected chi connectivity index (χ3v) is 6.82. The summed E-state index contributed by atoms with van der Waals surface area (Å²) in [6.45, 7) is 0.924. The van der Waals surface area contributed by atoms with Crippen LogP contribution in [0.15, 0.2) is 54.6 Å². The van der Waals surface area contributed by atoms with E-state index in [0.717, 1.165) is 22.3 Å². The number of anilines is 2. The van der Waals surface area contributed by atoms with Gasteiger partial charge in [0, 0.05) is 29.2 Å². The highest BCUT2D eigenvalue weighted by molar-refractivity contribution is 6.40. The fourth-order valence-electron chi connectivity index (χ4n) is 4.37. The maximum Gasteiger partial charge on any atom is 0.326 e. The minimum absolute atomic E-state index is 0.0300. The summed E-state index contributed by atoms with van der Waals surface area (Å²) < 4.78 is 0. The van der Waals surface area contributed by atoms with E-state index in [1.165, 1.54) is 4.90 Å². The van der Waals surface area contributed by atoms with Gasteiger partial charge in [0.05, 0.1) is 27.3 Å². The highest BCUT2D eigenvalue weighted by Gasteiger charge is 2.34. The van der Waals surface area contributed by atoms with E-state index in [1.54, 1.807) is 18.2 Å². The van der Waals surface area contributed by atoms with Crippen LogP contribution in [0.2, 0.25) is 15.1 Å². The molecule has 1 saturated heterocycles. The van der Waals surface area contributed by atoms with Crippen molar-refractivity contribution in [3.63, 3.8) is 0 Å². The predicted molar refractivity (Wildman–Crippen MR) is 128 cm³/mol. The van der Waals surface area contributed by atoms with Crippen LogP contribution >= 0.6 is 34.8 Å². The SMILES string of the molecule is O=C1NCC[C@H]1c1cc(-c2ccccc2Cl)c2c(c1)N(c1c(Cl)cccc1Cl)C(=O)NC2. The molecule has 2 aliphatic rings. The monoisotopic (exact) mass is 485 g/mol. The first-order chi connectivity index (χ1) is 15.5. The minimum atomic E-state index is -0.342. The first-order valence-corrected chi connectivity index (χ1v) is 11.3. The van der Waals surface area contributed by atoms with Crippen molar-refractivity contribution in [2.45, 2.75) is 18.9 Å². The number of para-hydroxylation sites is 1. The van der Waals surface area contributed by atoms with Crippen molar-refractivity contribution in [3.8, 4) is 11.1 Å². The van der Waals surface area contributed by atoms with E-state index in [1.807, 2.05) is 36.4 Å². The van der Waals surface area contributed by atoms with Crippen molar-refractivity contribution in [3.05, 3.63) is 80.8 Å². The normalized spacial score (nSPS) is 17.7. The average Bonchev–Trinajstić information content (AvgIpc) is 3.20. The smallest absolute Gasteiger partial charge is 0.326 e. The summed E-state index contributed by atoms with van der Waals surface area (Å²) >= 11 is 19.5. The summed E-state index contributed by atoms with van der Waals surface area (Å²) in [5, 5.41) is 7.09. The molecule has 2 N–H and O–H groups in total. The molecular weight excluding hydrogens is 469 g/mol. The van der Waals surface area contributed by atoms with Gasteiger partial charge in [0.15, 0.2) is 0 Å². The van der Waals surface area contributed by atoms with Crippen LogP contribution in [0, 0.1) is 0 Å². The van der Waals surface area contributed by atoms with Crippen LogP contribution in [-0.2, 0) is 11.3 Å². The Morgan fingerprint density at radius 1 is 0.844 bits per heavy atom. The van der Waals surface area contributed by atoms with E-state index in [0.29, 0.717) is 46.0 Å². The number of carbonyl (C=O) groups excluding carboxylic acids is 2. The van der Waals surface area contributed by atoms with Crippen molar-refractivity contribution in [1.82, 2.24) is 10.6 Å². The van der Waals surface area contributed by atoms with E-state index >= 15 is 0 Å². The molecule has 5 rings (SSSR count). The fourth-order valence-corrected chi connectivity index (χ4v) is 5.18. The number of urea groups is 1. The van der Waals surface area contributed by atoms with Crippen LogP contribution in [0.3, 0.4) is 0 Å². The molecule has 0 aliphatic carbocycles. The summed E-state index contributed by atoms with van der Waals surface area (Å²) in [5.41, 5.74) is 4.40. The lowest BCUT2D eigenvalue weighted by atomic mass is 9.88. The topological polar surface area (TPSA) is 61.4 Å². The summed E-state index contributed by atoms with van der Waals surface area (Å²) in [6.07, 6.45) is 0.679. The second-order valence-corrected chi connectivity index (χ2v) is 8.96. The first-order valence-electron chi connectivity index (χ1n) is 10.2. The molecule has 2 aliphatic heterocycles. The Bertz CT molecular complexity index is 1240. The van der Waals surface area contributed by atoms with Crippen molar-refractivity contribution in [2.75, 3.05) is 11.4 Å². The molecule has 0 bridgehead atoms. The summed E-state index contributed by atoms with van der Waals surface area (Å²) in [6, 6.07) is 16.2. The summed E-state index contributed by atoms with van der Waals surface area (Å²) in [7, 11) is 0. The second-order valence-electron chi connectivity index (χ2n) is 7.74. The van der Waals surface area contributed by atoms with Crippen molar-refractivity contribution in [1.29, 1.82) is 0 Å². The number of fused-ring (bicyclic) bond motifs is 1. The van der Waals surface area contributed by atoms with Gasteiger partial charge in [-0.2, -0.15) is 0 Å². The van der Waals surface area contributed by atoms with Crippen molar-refractivity contribution in [2.24, 2.45) is 0 Å². The molecule has 0 unspecified atom stereocenters. The maximum absolute atomic E-state index is 13.1. The first kappa shape index (κ1) is 21.1. The van der Waals surface area contributed by atoms with Gasteiger partial charge in [-0.25, -0.2) is 4.79 Å². The van der Waals surface area contributed by atoms with Gasteiger partial charge in [0.25, 0.3) is 0 Å². The lowest BCUT2D eigenvalue weighted by Gasteiger charge is -2.33. The summed E-state index contributed by atoms with van der Waals surface area (Å²) in [5.74, 6) is -0.340. The van der Waals surface area contributed by atoms with E-state index in [9.17, 15) is 9.59 Å². The zero-order valence-electron chi connectivity index (χ0n) is 16.8. The molecule has 0 radical (unpaired) electrons. The van der Waals surface area contributed by atoms with E-state index in [-0.39, 0.29) is 17.9 Å². The van der Waals surface area contributed by atoms with E-state index in [2.05, 4.69) is 10.6 Å². The van der Waals surface area contributed by atoms with E-state index < -0.39 is 0 Å². The van der Waals surface area contributed by atoms with E-state index in [4.69, 9.17) is 34.8 Å². The molecule has 3 aromatic carbocycles. The number of hydrogen-bond donors (Lipinski definition) is 2. The number of nitrogens with one attached hydrogen (secondary N) is 2. The molecule has 8 heteroatoms. The average molecular weight is 487 g/mol. The molecule has 32 heavy (non-hydrogen) atoms. The number of hydrogen-bond acceptors (Lipinski definition) is 2. The molecule has 3 aromatic rings. The molecule has 0 spiro atoms. The predicted octanol–water partition coefficient (Wildman–Crippen LogP) is 6.28. The fraction of sp³-hybridized carbons (Fsp3) is 0.167. The quantitative estimate of drug-likeness (QED) is 0.458. The van der Waals surface area contributed by atoms with Crippen LogP contribution in [-0.4, -0.2) is 18.5 Å². The second kappa shape index (κ2) is 8.32. The zero-order valence-corrected chi connectivity index (χ0v) is 19.1. The Labute approximate surface area is 200 Å². The van der Waals surface area contributed by atoms with Gasteiger partial charge in [-0.1, -0.05) is 59.1 Å². The lowest BCUT2D eigenvalue weighted by molar-refractivity contribution is -0.120. The molecular formula is C24H18Cl3N3O2. The Kier molecular flexibility index (Phi) is 5.49. The number of halogens is 3. The van der Waals surface area contributed by atoms with Crippen LogP contribution in [0.1, 0.15) is 23.5 Å². The Hall–Kier alpha value is -2.73. The molecule has 1 fully saturated rings. The summed E-state index contributed by atoms with van der Waals surface area (Å²) in [4.78, 5) is 27.1. The molecule has 3 amide bonds. The number of rotatable bonds is 3. The maximum atomic E-state index is 13.1. The minimum Gasteiger partial charge on any atom is -0.356 e. The molecule has 0 saturated carbocycles. The Morgan fingerprint density at radius 3 is 2.25 bits per heavy atom. The van der Waals surface area contributed by atoms with Crippen LogP contribution < -0.4 is 15.5 Å². The largest absolute Gasteiger partial charge is 0.356 e.